The van der Waals surface area contributed by atoms with Gasteiger partial charge in [-0.25, -0.2) is 9.59 Å². The fourth-order valence-electron chi connectivity index (χ4n) is 3.02. The van der Waals surface area contributed by atoms with Gasteiger partial charge in [0.05, 0.1) is 19.4 Å². The molecule has 0 atom stereocenters. The number of carbonyl (C=O) groups is 2. The molecule has 0 spiro atoms. The highest BCUT2D eigenvalue weighted by atomic mass is 32.1. The molecule has 0 fully saturated rings. The quantitative estimate of drug-likeness (QED) is 0.251. The summed E-state index contributed by atoms with van der Waals surface area (Å²) in [6.07, 6.45) is 0. The van der Waals surface area contributed by atoms with Crippen LogP contribution in [0.25, 0.3) is 20.2 Å². The Kier molecular flexibility index (Phi) is 4.70. The molecule has 150 valence electrons. The van der Waals surface area contributed by atoms with Crippen LogP contribution in [-0.2, 0) is 0 Å². The summed E-state index contributed by atoms with van der Waals surface area (Å²) in [5, 5.41) is 5.84. The van der Waals surface area contributed by atoms with E-state index < -0.39 is 11.9 Å². The van der Waals surface area contributed by atoms with Crippen molar-refractivity contribution in [1.82, 2.24) is 0 Å². The summed E-state index contributed by atoms with van der Waals surface area (Å²) in [7, 11) is 0. The topological polar surface area (TPSA) is 105 Å². The molecule has 0 amide bonds. The van der Waals surface area contributed by atoms with Crippen molar-refractivity contribution in [3.05, 3.63) is 56.9 Å². The molecule has 6 nitrogen and oxygen atoms in total. The molecule has 5 aromatic rings. The van der Waals surface area contributed by atoms with E-state index in [0.717, 1.165) is 0 Å². The molecule has 0 unspecified atom stereocenters. The lowest BCUT2D eigenvalue weighted by atomic mass is 10.1. The van der Waals surface area contributed by atoms with E-state index in [9.17, 15) is 9.59 Å². The van der Waals surface area contributed by atoms with E-state index in [0.29, 0.717) is 51.4 Å². The van der Waals surface area contributed by atoms with E-state index in [1.165, 1.54) is 45.3 Å². The minimum absolute atomic E-state index is 0.365. The van der Waals surface area contributed by atoms with Crippen LogP contribution in [0.5, 0.6) is 11.5 Å². The first-order valence-corrected chi connectivity index (χ1v) is 12.0. The van der Waals surface area contributed by atoms with Crippen molar-refractivity contribution in [2.45, 2.75) is 0 Å². The lowest BCUT2D eigenvalue weighted by Gasteiger charge is -2.11. The van der Waals surface area contributed by atoms with Crippen molar-refractivity contribution in [2.75, 3.05) is 11.5 Å². The monoisotopic (exact) mass is 472 g/mol. The average molecular weight is 473 g/mol. The number of rotatable bonds is 4. The molecule has 0 aliphatic carbocycles. The second kappa shape index (κ2) is 7.40. The molecule has 0 aliphatic rings. The fourth-order valence-corrected chi connectivity index (χ4v) is 6.05. The number of esters is 2. The zero-order valence-corrected chi connectivity index (χ0v) is 18.3. The van der Waals surface area contributed by atoms with Crippen LogP contribution in [0.1, 0.15) is 19.3 Å². The molecule has 10 heteroatoms. The highest BCUT2D eigenvalue weighted by molar-refractivity contribution is 7.25. The molecule has 1 aromatic carbocycles. The van der Waals surface area contributed by atoms with Crippen molar-refractivity contribution >= 4 is 87.5 Å². The number of nitrogens with two attached hydrogens (primary N) is 2. The maximum absolute atomic E-state index is 12.6. The van der Waals surface area contributed by atoms with E-state index in [4.69, 9.17) is 20.9 Å². The number of hydrogen-bond acceptors (Lipinski definition) is 10. The average Bonchev–Trinajstić information content (AvgIpc) is 3.50. The number of nitrogen functional groups attached to an aromatic ring is 2. The summed E-state index contributed by atoms with van der Waals surface area (Å²) in [5.74, 6) is -0.201. The third-order valence-electron chi connectivity index (χ3n) is 4.24. The molecule has 4 heterocycles. The zero-order chi connectivity index (χ0) is 20.8. The third-order valence-corrected chi connectivity index (χ3v) is 7.86. The Hall–Kier alpha value is -2.92. The first-order chi connectivity index (χ1) is 14.5. The summed E-state index contributed by atoms with van der Waals surface area (Å²) >= 11 is 5.11. The second-order valence-electron chi connectivity index (χ2n) is 6.18. The highest BCUT2D eigenvalue weighted by Crippen LogP contribution is 2.51. The van der Waals surface area contributed by atoms with Crippen LogP contribution < -0.4 is 20.9 Å². The number of benzene rings is 1. The second-order valence-corrected chi connectivity index (χ2v) is 10.2. The molecule has 0 saturated carbocycles. The van der Waals surface area contributed by atoms with Gasteiger partial charge in [0.1, 0.15) is 9.75 Å². The van der Waals surface area contributed by atoms with Gasteiger partial charge >= 0.3 is 11.9 Å². The number of carbonyl (C=O) groups excluding carboxylic acids is 2. The van der Waals surface area contributed by atoms with Gasteiger partial charge in [0.15, 0.2) is 11.5 Å². The molecule has 0 bridgehead atoms. The maximum Gasteiger partial charge on any atom is 0.353 e. The predicted octanol–water partition coefficient (Wildman–Crippen LogP) is 5.84. The van der Waals surface area contributed by atoms with Crippen molar-refractivity contribution in [3.8, 4) is 11.5 Å². The fraction of sp³-hybridized carbons (Fsp3) is 0. The highest BCUT2D eigenvalue weighted by Gasteiger charge is 2.25. The normalized spacial score (nSPS) is 11.2. The van der Waals surface area contributed by atoms with Gasteiger partial charge in [-0.2, -0.15) is 0 Å². The molecule has 0 saturated heterocycles. The molecule has 4 N–H and O–H groups in total. The molecule has 0 aliphatic heterocycles. The van der Waals surface area contributed by atoms with Gasteiger partial charge < -0.3 is 20.9 Å². The summed E-state index contributed by atoms with van der Waals surface area (Å²) in [4.78, 5) is 26.3. The lowest BCUT2D eigenvalue weighted by Crippen LogP contribution is -2.08. The number of ether oxygens (including phenoxy) is 2. The standard InChI is InChI=1S/C20H12N2O4S4/c21-13-7-9-15(25-19(23)11-3-1-5-27-11)17-10(8-14(22)29-17)16(18(9)30-13)26-20(24)12-4-2-6-28-12/h1-8H,21-22H2. The van der Waals surface area contributed by atoms with E-state index >= 15 is 0 Å². The number of anilines is 2. The SMILES string of the molecule is Nc1cc2c(OC(=O)c3cccs3)c3sc(N)cc3c(OC(=O)c3cccs3)c2s1. The smallest absolute Gasteiger partial charge is 0.353 e. The molecule has 4 aromatic heterocycles. The number of hydrogen-bond donors (Lipinski definition) is 2. The van der Waals surface area contributed by atoms with Crippen LogP contribution >= 0.6 is 45.3 Å². The molecular weight excluding hydrogens is 460 g/mol. The van der Waals surface area contributed by atoms with Crippen LogP contribution in [0.15, 0.2) is 47.2 Å². The number of fused-ring (bicyclic) bond motifs is 2. The first-order valence-electron chi connectivity index (χ1n) is 8.56. The van der Waals surface area contributed by atoms with Gasteiger partial charge in [0.2, 0.25) is 0 Å². The Morgan fingerprint density at radius 3 is 1.53 bits per heavy atom. The number of thiophene rings is 4. The van der Waals surface area contributed by atoms with Crippen molar-refractivity contribution in [2.24, 2.45) is 0 Å². The van der Waals surface area contributed by atoms with Crippen LogP contribution in [-0.4, -0.2) is 11.9 Å². The van der Waals surface area contributed by atoms with Crippen LogP contribution in [0.2, 0.25) is 0 Å². The molecular formula is C20H12N2O4S4. The van der Waals surface area contributed by atoms with Crippen LogP contribution in [0, 0.1) is 0 Å². The minimum atomic E-state index is -0.465. The van der Waals surface area contributed by atoms with E-state index in [-0.39, 0.29) is 0 Å². The molecule has 30 heavy (non-hydrogen) atoms. The van der Waals surface area contributed by atoms with Gasteiger partial charge in [0.25, 0.3) is 0 Å². The Bertz CT molecular complexity index is 1240. The van der Waals surface area contributed by atoms with Crippen LogP contribution in [0.3, 0.4) is 0 Å². The largest absolute Gasteiger partial charge is 0.420 e. The Morgan fingerprint density at radius 2 is 1.17 bits per heavy atom. The van der Waals surface area contributed by atoms with Gasteiger partial charge in [-0.15, -0.1) is 45.3 Å². The van der Waals surface area contributed by atoms with E-state index in [2.05, 4.69) is 0 Å². The summed E-state index contributed by atoms with van der Waals surface area (Å²) in [6.45, 7) is 0. The van der Waals surface area contributed by atoms with E-state index in [1.807, 2.05) is 0 Å². The minimum Gasteiger partial charge on any atom is -0.420 e. The van der Waals surface area contributed by atoms with Gasteiger partial charge in [-0.05, 0) is 35.0 Å². The third kappa shape index (κ3) is 3.23. The zero-order valence-electron chi connectivity index (χ0n) is 15.0. The van der Waals surface area contributed by atoms with Gasteiger partial charge in [-0.3, -0.25) is 0 Å². The Balaban J connectivity index is 1.69. The van der Waals surface area contributed by atoms with Crippen molar-refractivity contribution in [3.63, 3.8) is 0 Å². The van der Waals surface area contributed by atoms with Crippen LogP contribution in [0.4, 0.5) is 10.0 Å². The maximum atomic E-state index is 12.6. The first kappa shape index (κ1) is 19.1. The predicted molar refractivity (Wildman–Crippen MR) is 125 cm³/mol. The molecule has 5 rings (SSSR count). The summed E-state index contributed by atoms with van der Waals surface area (Å²) < 4.78 is 12.8. The Morgan fingerprint density at radius 1 is 0.733 bits per heavy atom. The summed E-state index contributed by atoms with van der Waals surface area (Å²) in [6, 6.07) is 10.4. The molecule has 0 radical (unpaired) electrons. The lowest BCUT2D eigenvalue weighted by molar-refractivity contribution is 0.0732. The van der Waals surface area contributed by atoms with E-state index in [1.54, 1.807) is 47.2 Å². The van der Waals surface area contributed by atoms with Crippen molar-refractivity contribution in [1.29, 1.82) is 0 Å². The summed E-state index contributed by atoms with van der Waals surface area (Å²) in [5.41, 5.74) is 12.1. The van der Waals surface area contributed by atoms with Gasteiger partial charge in [0, 0.05) is 10.8 Å². The van der Waals surface area contributed by atoms with Crippen molar-refractivity contribution < 1.29 is 19.1 Å². The van der Waals surface area contributed by atoms with Gasteiger partial charge in [-0.1, -0.05) is 12.1 Å². The Labute approximate surface area is 185 Å².